The maximum Gasteiger partial charge on any atom is 0.469 e. The Labute approximate surface area is 431 Å². The lowest BCUT2D eigenvalue weighted by Crippen LogP contribution is -2.46. The van der Waals surface area contributed by atoms with E-state index >= 15 is 0 Å². The number of aliphatic hydroxyl groups is 1. The van der Waals surface area contributed by atoms with E-state index < -0.39 is 26.6 Å². The first-order chi connectivity index (χ1) is 33.8. The summed E-state index contributed by atoms with van der Waals surface area (Å²) in [6.07, 6.45) is 71.7. The normalized spacial score (nSPS) is 12.8. The molecule has 0 heterocycles. The van der Waals surface area contributed by atoms with Crippen LogP contribution < -0.4 is 5.32 Å². The molecule has 0 fully saturated rings. The Balaban J connectivity index is 3.58. The van der Waals surface area contributed by atoms with E-state index in [1.54, 1.807) is 0 Å². The van der Waals surface area contributed by atoms with E-state index in [-0.39, 0.29) is 5.91 Å². The number of aliphatic hydroxyl groups excluding tert-OH is 1. The first-order valence-electron chi connectivity index (χ1n) is 31.5. The number of carbonyl (C=O) groups excluding carboxylic acids is 1. The molecule has 0 aromatic heterocycles. The molecule has 0 aromatic carbocycles. The van der Waals surface area contributed by atoms with E-state index in [0.717, 1.165) is 38.5 Å². The summed E-state index contributed by atoms with van der Waals surface area (Å²) in [6, 6.07) is -0.820. The first-order valence-corrected chi connectivity index (χ1v) is 33.0. The van der Waals surface area contributed by atoms with Gasteiger partial charge in [-0.05, 0) is 12.8 Å². The molecule has 0 rings (SSSR count). The Hall–Kier alpha value is -0.460. The standard InChI is InChI=1S/C61H124NO6P/c1-3-5-7-9-11-13-15-17-19-21-22-23-24-25-26-27-28-29-30-31-32-33-34-35-36-37-38-39-41-43-45-47-49-51-53-55-57-61(64)62-59(58-68-69(65,66)67)60(63)56-54-52-50-48-46-44-42-40-20-18-16-14-12-10-8-6-4-2/h59-60,63H,3-58H2,1-2H3,(H,62,64)(H2,65,66,67)/t59-,60+/m0/s1. The van der Waals surface area contributed by atoms with Crippen molar-refractivity contribution in [3.8, 4) is 0 Å². The van der Waals surface area contributed by atoms with Gasteiger partial charge in [0.05, 0.1) is 18.8 Å². The zero-order chi connectivity index (χ0) is 50.2. The van der Waals surface area contributed by atoms with E-state index in [9.17, 15) is 24.3 Å². The summed E-state index contributed by atoms with van der Waals surface area (Å²) in [5.41, 5.74) is 0. The molecule has 2 atom stereocenters. The summed E-state index contributed by atoms with van der Waals surface area (Å²) < 4.78 is 16.1. The molecule has 4 N–H and O–H groups in total. The minimum Gasteiger partial charge on any atom is -0.391 e. The number of unbranched alkanes of at least 4 members (excludes halogenated alkanes) is 51. The number of phosphoric ester groups is 1. The largest absolute Gasteiger partial charge is 0.469 e. The van der Waals surface area contributed by atoms with Gasteiger partial charge < -0.3 is 20.2 Å². The van der Waals surface area contributed by atoms with Crippen molar-refractivity contribution >= 4 is 13.7 Å². The number of amides is 1. The summed E-state index contributed by atoms with van der Waals surface area (Å²) in [6.45, 7) is 4.18. The fourth-order valence-corrected chi connectivity index (χ4v) is 10.7. The van der Waals surface area contributed by atoms with Crippen molar-refractivity contribution in [2.24, 2.45) is 0 Å². The van der Waals surface area contributed by atoms with Gasteiger partial charge in [0.2, 0.25) is 5.91 Å². The first kappa shape index (κ1) is 68.5. The summed E-state index contributed by atoms with van der Waals surface area (Å²) in [7, 11) is -4.70. The molecule has 69 heavy (non-hydrogen) atoms. The van der Waals surface area contributed by atoms with Gasteiger partial charge in [-0.3, -0.25) is 9.32 Å². The summed E-state index contributed by atoms with van der Waals surface area (Å²) in [4.78, 5) is 31.2. The van der Waals surface area contributed by atoms with Crippen molar-refractivity contribution < 1.29 is 28.8 Å². The van der Waals surface area contributed by atoms with Crippen LogP contribution in [0.1, 0.15) is 367 Å². The Morgan fingerprint density at radius 1 is 0.362 bits per heavy atom. The topological polar surface area (TPSA) is 116 Å². The third-order valence-electron chi connectivity index (χ3n) is 15.1. The lowest BCUT2D eigenvalue weighted by molar-refractivity contribution is -0.123. The average molecular weight is 999 g/mol. The predicted molar refractivity (Wildman–Crippen MR) is 301 cm³/mol. The molecule has 0 bridgehead atoms. The number of hydrogen-bond donors (Lipinski definition) is 4. The third kappa shape index (κ3) is 58.3. The van der Waals surface area contributed by atoms with Gasteiger partial charge in [-0.2, -0.15) is 0 Å². The highest BCUT2D eigenvalue weighted by Crippen LogP contribution is 2.36. The molecule has 0 radical (unpaired) electrons. The maximum atomic E-state index is 12.7. The van der Waals surface area contributed by atoms with Gasteiger partial charge >= 0.3 is 7.82 Å². The Bertz CT molecular complexity index is 1040. The average Bonchev–Trinajstić information content (AvgIpc) is 3.33. The lowest BCUT2D eigenvalue weighted by atomic mass is 10.0. The van der Waals surface area contributed by atoms with Crippen LogP contribution in [0.2, 0.25) is 0 Å². The molecule has 414 valence electrons. The van der Waals surface area contributed by atoms with Crippen LogP contribution in [0.4, 0.5) is 0 Å². The van der Waals surface area contributed by atoms with E-state index in [2.05, 4.69) is 19.2 Å². The van der Waals surface area contributed by atoms with Gasteiger partial charge in [-0.25, -0.2) is 4.57 Å². The van der Waals surface area contributed by atoms with E-state index in [1.807, 2.05) is 0 Å². The van der Waals surface area contributed by atoms with Gasteiger partial charge in [0.25, 0.3) is 0 Å². The molecular weight excluding hydrogens is 874 g/mol. The Morgan fingerprint density at radius 3 is 0.783 bits per heavy atom. The number of hydrogen-bond acceptors (Lipinski definition) is 4. The fraction of sp³-hybridized carbons (Fsp3) is 0.984. The van der Waals surface area contributed by atoms with Gasteiger partial charge in [0, 0.05) is 6.42 Å². The van der Waals surface area contributed by atoms with Crippen molar-refractivity contribution in [2.75, 3.05) is 6.61 Å². The Kier molecular flexibility index (Phi) is 56.5. The number of nitrogens with one attached hydrogen (secondary N) is 1. The van der Waals surface area contributed by atoms with Crippen molar-refractivity contribution in [3.05, 3.63) is 0 Å². The van der Waals surface area contributed by atoms with Crippen molar-refractivity contribution in [1.29, 1.82) is 0 Å². The van der Waals surface area contributed by atoms with Crippen LogP contribution >= 0.6 is 7.82 Å². The van der Waals surface area contributed by atoms with E-state index in [0.29, 0.717) is 12.8 Å². The van der Waals surface area contributed by atoms with Crippen molar-refractivity contribution in [1.82, 2.24) is 5.32 Å². The number of rotatable bonds is 60. The van der Waals surface area contributed by atoms with Crippen LogP contribution in [0.3, 0.4) is 0 Å². The summed E-state index contributed by atoms with van der Waals surface area (Å²) in [5, 5.41) is 13.6. The molecule has 0 aromatic rings. The monoisotopic (exact) mass is 998 g/mol. The smallest absolute Gasteiger partial charge is 0.391 e. The molecule has 0 aliphatic rings. The molecule has 0 unspecified atom stereocenters. The third-order valence-corrected chi connectivity index (χ3v) is 15.6. The van der Waals surface area contributed by atoms with Gasteiger partial charge in [-0.15, -0.1) is 0 Å². The molecular formula is C61H124NO6P. The predicted octanol–water partition coefficient (Wildman–Crippen LogP) is 20.4. The molecule has 0 spiro atoms. The number of phosphoric acid groups is 1. The molecule has 7 nitrogen and oxygen atoms in total. The van der Waals surface area contributed by atoms with Gasteiger partial charge in [0.1, 0.15) is 0 Å². The second kappa shape index (κ2) is 56.8. The summed E-state index contributed by atoms with van der Waals surface area (Å²) >= 11 is 0. The van der Waals surface area contributed by atoms with Crippen LogP contribution in [0.15, 0.2) is 0 Å². The van der Waals surface area contributed by atoms with Crippen LogP contribution in [0.25, 0.3) is 0 Å². The van der Waals surface area contributed by atoms with Gasteiger partial charge in [-0.1, -0.05) is 348 Å². The van der Waals surface area contributed by atoms with Crippen LogP contribution in [-0.2, 0) is 13.9 Å². The van der Waals surface area contributed by atoms with E-state index in [1.165, 1.54) is 302 Å². The van der Waals surface area contributed by atoms with Crippen LogP contribution in [0.5, 0.6) is 0 Å². The highest BCUT2D eigenvalue weighted by atomic mass is 31.2. The second-order valence-corrected chi connectivity index (χ2v) is 23.3. The minimum absolute atomic E-state index is 0.183. The molecule has 0 aliphatic heterocycles. The fourth-order valence-electron chi connectivity index (χ4n) is 10.4. The second-order valence-electron chi connectivity index (χ2n) is 22.1. The molecule has 1 amide bonds. The van der Waals surface area contributed by atoms with Crippen molar-refractivity contribution in [3.63, 3.8) is 0 Å². The highest BCUT2D eigenvalue weighted by Gasteiger charge is 2.25. The SMILES string of the molecule is CCCCCCCCCCCCCCCCCCCCCCCCCCCCCCCCCCCCCCC(=O)N[C@@H](COP(=O)(O)O)[C@H](O)CCCCCCCCCCCCCCCCCCC. The Morgan fingerprint density at radius 2 is 0.565 bits per heavy atom. The van der Waals surface area contributed by atoms with E-state index in [4.69, 9.17) is 4.52 Å². The molecule has 0 saturated carbocycles. The number of carbonyl (C=O) groups is 1. The lowest BCUT2D eigenvalue weighted by Gasteiger charge is -2.24. The van der Waals surface area contributed by atoms with Crippen molar-refractivity contribution in [2.45, 2.75) is 379 Å². The molecule has 0 saturated heterocycles. The maximum absolute atomic E-state index is 12.7. The van der Waals surface area contributed by atoms with Gasteiger partial charge in [0.15, 0.2) is 0 Å². The zero-order valence-corrected chi connectivity index (χ0v) is 47.7. The molecule has 8 heteroatoms. The minimum atomic E-state index is -4.70. The summed E-state index contributed by atoms with van der Waals surface area (Å²) in [5.74, 6) is -0.183. The molecule has 0 aliphatic carbocycles. The van der Waals surface area contributed by atoms with Crippen LogP contribution in [-0.4, -0.2) is 39.6 Å². The van der Waals surface area contributed by atoms with Crippen LogP contribution in [0, 0.1) is 0 Å². The highest BCUT2D eigenvalue weighted by molar-refractivity contribution is 7.46. The quantitative estimate of drug-likeness (QED) is 0.0356. The zero-order valence-electron chi connectivity index (χ0n) is 46.8.